The van der Waals surface area contributed by atoms with Crippen LogP contribution in [0.2, 0.25) is 0 Å². The Morgan fingerprint density at radius 2 is 1.97 bits per heavy atom. The summed E-state index contributed by atoms with van der Waals surface area (Å²) in [6.07, 6.45) is 7.79. The van der Waals surface area contributed by atoms with Crippen LogP contribution >= 0.6 is 0 Å². The van der Waals surface area contributed by atoms with Gasteiger partial charge in [-0.2, -0.15) is 0 Å². The number of likely N-dealkylation sites (N-methyl/N-ethyl adjacent to an activating group) is 1. The predicted octanol–water partition coefficient (Wildman–Crippen LogP) is 4.48. The first-order valence-electron chi connectivity index (χ1n) is 13.2. The molecule has 37 heavy (non-hydrogen) atoms. The zero-order valence-electron chi connectivity index (χ0n) is 21.4. The van der Waals surface area contributed by atoms with Crippen LogP contribution in [0.25, 0.3) is 22.2 Å². The number of fused-ring (bicyclic) bond motifs is 2. The summed E-state index contributed by atoms with van der Waals surface area (Å²) in [6.45, 7) is 5.81. The fraction of sp³-hybridized carbons (Fsp3) is 0.433. The Morgan fingerprint density at radius 3 is 2.76 bits per heavy atom. The number of anilines is 1. The Kier molecular flexibility index (Phi) is 8.08. The van der Waals surface area contributed by atoms with Gasteiger partial charge in [0.2, 0.25) is 0 Å². The van der Waals surface area contributed by atoms with Gasteiger partial charge in [-0.05, 0) is 81.2 Å². The highest BCUT2D eigenvalue weighted by atomic mass is 19.1. The molecule has 2 saturated heterocycles. The van der Waals surface area contributed by atoms with E-state index in [-0.39, 0.29) is 11.6 Å². The normalized spacial score (nSPS) is 19.0. The molecule has 1 aromatic heterocycles. The lowest BCUT2D eigenvalue weighted by Crippen LogP contribution is -2.35. The van der Waals surface area contributed by atoms with Gasteiger partial charge >= 0.3 is 0 Å². The number of piperidine rings is 1. The van der Waals surface area contributed by atoms with Crippen LogP contribution in [0.15, 0.2) is 42.5 Å². The van der Waals surface area contributed by atoms with E-state index in [2.05, 4.69) is 27.5 Å². The molecule has 2 aromatic carbocycles. The molecule has 2 aliphatic heterocycles. The van der Waals surface area contributed by atoms with Gasteiger partial charge in [0.05, 0.1) is 17.8 Å². The molecule has 6 nitrogen and oxygen atoms in total. The van der Waals surface area contributed by atoms with Crippen molar-refractivity contribution in [2.24, 2.45) is 11.8 Å². The molecule has 3 heterocycles. The van der Waals surface area contributed by atoms with Crippen LogP contribution in [-0.2, 0) is 0 Å². The average Bonchev–Trinajstić information content (AvgIpc) is 3.36. The van der Waals surface area contributed by atoms with Crippen LogP contribution in [0.1, 0.15) is 19.3 Å². The number of halogens is 1. The fourth-order valence-electron chi connectivity index (χ4n) is 5.35. The van der Waals surface area contributed by atoms with E-state index in [1.54, 1.807) is 12.1 Å². The Labute approximate surface area is 218 Å². The van der Waals surface area contributed by atoms with Gasteiger partial charge in [0, 0.05) is 48.8 Å². The first-order valence-corrected chi connectivity index (χ1v) is 13.2. The first kappa shape index (κ1) is 25.3. The standard InChI is InChI=1S/C30H35FN4O2/c1-3-4-5-13-37-30-17-28-25(15-26(30)31)29(35-19-22-10-11-33-18-23(22)20-35)16-27(34-28)21-6-8-24(9-7-21)36-14-12-32-2/h1,6-9,15-17,22-23,32-33H,4-5,10-14,18-20H2,2H3. The summed E-state index contributed by atoms with van der Waals surface area (Å²) in [5.74, 6) is 4.53. The summed E-state index contributed by atoms with van der Waals surface area (Å²) in [5.41, 5.74) is 3.59. The van der Waals surface area contributed by atoms with Gasteiger partial charge in [0.25, 0.3) is 0 Å². The lowest BCUT2D eigenvalue weighted by molar-refractivity contribution is 0.298. The molecule has 194 valence electrons. The zero-order chi connectivity index (χ0) is 25.6. The number of unbranched alkanes of at least 4 members (excludes halogenated alkanes) is 1. The number of ether oxygens (including phenoxy) is 2. The van der Waals surface area contributed by atoms with Crippen molar-refractivity contribution >= 4 is 16.6 Å². The van der Waals surface area contributed by atoms with Crippen LogP contribution < -0.4 is 25.0 Å². The lowest BCUT2D eigenvalue weighted by atomic mass is 9.90. The highest BCUT2D eigenvalue weighted by molar-refractivity contribution is 5.95. The van der Waals surface area contributed by atoms with E-state index in [9.17, 15) is 0 Å². The summed E-state index contributed by atoms with van der Waals surface area (Å²) < 4.78 is 26.7. The maximum Gasteiger partial charge on any atom is 0.165 e. The SMILES string of the molecule is C#CCCCOc1cc2nc(-c3ccc(OCCNC)cc3)cc(N3CC4CCNCC4C3)c2cc1F. The minimum atomic E-state index is -0.370. The molecular formula is C30H35FN4O2. The molecule has 7 heteroatoms. The van der Waals surface area contributed by atoms with Crippen molar-refractivity contribution in [3.63, 3.8) is 0 Å². The van der Waals surface area contributed by atoms with Gasteiger partial charge in [0.15, 0.2) is 11.6 Å². The molecule has 0 bridgehead atoms. The molecule has 0 spiro atoms. The smallest absolute Gasteiger partial charge is 0.165 e. The maximum atomic E-state index is 15.1. The van der Waals surface area contributed by atoms with Crippen molar-refractivity contribution < 1.29 is 13.9 Å². The van der Waals surface area contributed by atoms with Crippen molar-refractivity contribution in [1.29, 1.82) is 0 Å². The third-order valence-corrected chi connectivity index (χ3v) is 7.35. The molecule has 2 atom stereocenters. The van der Waals surface area contributed by atoms with Crippen molar-refractivity contribution in [1.82, 2.24) is 15.6 Å². The number of hydrogen-bond acceptors (Lipinski definition) is 6. The van der Waals surface area contributed by atoms with Gasteiger partial charge in [-0.3, -0.25) is 0 Å². The number of nitrogens with one attached hydrogen (secondary N) is 2. The zero-order valence-corrected chi connectivity index (χ0v) is 21.4. The number of hydrogen-bond donors (Lipinski definition) is 2. The molecular weight excluding hydrogens is 467 g/mol. The summed E-state index contributed by atoms with van der Waals surface area (Å²) in [7, 11) is 1.90. The van der Waals surface area contributed by atoms with Crippen LogP contribution in [-0.4, -0.2) is 58.0 Å². The third-order valence-electron chi connectivity index (χ3n) is 7.35. The second kappa shape index (κ2) is 11.8. The largest absolute Gasteiger partial charge is 0.492 e. The summed E-state index contributed by atoms with van der Waals surface area (Å²) in [5, 5.41) is 7.42. The van der Waals surface area contributed by atoms with E-state index in [4.69, 9.17) is 20.9 Å². The fourth-order valence-corrected chi connectivity index (χ4v) is 5.35. The van der Waals surface area contributed by atoms with Crippen LogP contribution in [0.5, 0.6) is 11.5 Å². The number of terminal acetylenes is 1. The van der Waals surface area contributed by atoms with E-state index < -0.39 is 0 Å². The van der Waals surface area contributed by atoms with E-state index in [1.165, 1.54) is 6.42 Å². The molecule has 0 saturated carbocycles. The second-order valence-corrected chi connectivity index (χ2v) is 9.88. The lowest BCUT2D eigenvalue weighted by Gasteiger charge is -2.23. The average molecular weight is 503 g/mol. The minimum absolute atomic E-state index is 0.215. The second-order valence-electron chi connectivity index (χ2n) is 9.88. The highest BCUT2D eigenvalue weighted by Crippen LogP contribution is 2.39. The minimum Gasteiger partial charge on any atom is -0.492 e. The quantitative estimate of drug-likeness (QED) is 0.315. The van der Waals surface area contributed by atoms with Gasteiger partial charge < -0.3 is 25.0 Å². The number of aromatic nitrogens is 1. The summed E-state index contributed by atoms with van der Waals surface area (Å²) >= 11 is 0. The Bertz CT molecular complexity index is 1240. The monoisotopic (exact) mass is 502 g/mol. The van der Waals surface area contributed by atoms with Crippen LogP contribution in [0.4, 0.5) is 10.1 Å². The molecule has 2 aliphatic rings. The van der Waals surface area contributed by atoms with Gasteiger partial charge in [-0.25, -0.2) is 9.37 Å². The molecule has 0 radical (unpaired) electrons. The van der Waals surface area contributed by atoms with Crippen molar-refractivity contribution in [2.75, 3.05) is 57.9 Å². The molecule has 2 N–H and O–H groups in total. The maximum absolute atomic E-state index is 15.1. The van der Waals surface area contributed by atoms with Gasteiger partial charge in [0.1, 0.15) is 12.4 Å². The molecule has 2 unspecified atom stereocenters. The van der Waals surface area contributed by atoms with Gasteiger partial charge in [-0.1, -0.05) is 0 Å². The first-order chi connectivity index (χ1) is 18.2. The molecule has 0 amide bonds. The number of nitrogens with zero attached hydrogens (tertiary/aromatic N) is 2. The number of benzene rings is 2. The molecule has 5 rings (SSSR count). The van der Waals surface area contributed by atoms with E-state index in [0.717, 1.165) is 66.3 Å². The van der Waals surface area contributed by atoms with E-state index >= 15 is 4.39 Å². The summed E-state index contributed by atoms with van der Waals surface area (Å²) in [6, 6.07) is 13.4. The Hall–Kier alpha value is -3.34. The van der Waals surface area contributed by atoms with Crippen LogP contribution in [0.3, 0.4) is 0 Å². The molecule has 0 aliphatic carbocycles. The topological polar surface area (TPSA) is 58.7 Å². The van der Waals surface area contributed by atoms with Gasteiger partial charge in [-0.15, -0.1) is 12.3 Å². The van der Waals surface area contributed by atoms with Crippen molar-refractivity contribution in [3.05, 3.63) is 48.3 Å². The van der Waals surface area contributed by atoms with Crippen LogP contribution in [0, 0.1) is 30.0 Å². The van der Waals surface area contributed by atoms with E-state index in [1.807, 2.05) is 31.3 Å². The van der Waals surface area contributed by atoms with Crippen molar-refractivity contribution in [2.45, 2.75) is 19.3 Å². The number of pyridine rings is 1. The predicted molar refractivity (Wildman–Crippen MR) is 147 cm³/mol. The third kappa shape index (κ3) is 5.82. The molecule has 3 aromatic rings. The van der Waals surface area contributed by atoms with Crippen molar-refractivity contribution in [3.8, 4) is 35.1 Å². The van der Waals surface area contributed by atoms with E-state index in [0.29, 0.717) is 37.9 Å². The molecule has 2 fully saturated rings. The Balaban J connectivity index is 1.50. The Morgan fingerprint density at radius 1 is 1.14 bits per heavy atom. The number of rotatable bonds is 10. The highest BCUT2D eigenvalue weighted by Gasteiger charge is 2.35. The summed E-state index contributed by atoms with van der Waals surface area (Å²) in [4.78, 5) is 7.37.